The second-order valence-corrected chi connectivity index (χ2v) is 7.10. The zero-order valence-corrected chi connectivity index (χ0v) is 13.9. The molecule has 0 aliphatic heterocycles. The van der Waals surface area contributed by atoms with Crippen molar-refractivity contribution >= 4 is 39.3 Å². The number of nitrogens with zero attached hydrogens (tertiary/aromatic N) is 2. The Morgan fingerprint density at radius 2 is 2.14 bits per heavy atom. The van der Waals surface area contributed by atoms with E-state index in [1.165, 1.54) is 47.5 Å². The van der Waals surface area contributed by atoms with Gasteiger partial charge in [-0.15, -0.1) is 11.3 Å². The molecule has 0 fully saturated rings. The van der Waals surface area contributed by atoms with Crippen molar-refractivity contribution in [2.75, 3.05) is 12.9 Å². The summed E-state index contributed by atoms with van der Waals surface area (Å²) in [5.41, 5.74) is 1.41. The molecule has 0 spiro atoms. The molecule has 2 aromatic rings. The van der Waals surface area contributed by atoms with Crippen LogP contribution in [0, 0.1) is 0 Å². The van der Waals surface area contributed by atoms with Gasteiger partial charge in [0.15, 0.2) is 0 Å². The van der Waals surface area contributed by atoms with Crippen molar-refractivity contribution in [3.63, 3.8) is 0 Å². The molecule has 21 heavy (non-hydrogen) atoms. The molecule has 1 aliphatic rings. The molecule has 0 atom stereocenters. The number of aromatic nitrogens is 2. The van der Waals surface area contributed by atoms with Gasteiger partial charge in [0, 0.05) is 16.7 Å². The monoisotopic (exact) mass is 322 g/mol. The third-order valence-electron chi connectivity index (χ3n) is 3.70. The number of methoxy groups -OCH3 is 1. The zero-order chi connectivity index (χ0) is 14.8. The first kappa shape index (κ1) is 14.8. The lowest BCUT2D eigenvalue weighted by molar-refractivity contribution is -0.137. The normalized spacial score (nSPS) is 14.2. The van der Waals surface area contributed by atoms with Gasteiger partial charge in [0.25, 0.3) is 0 Å². The van der Waals surface area contributed by atoms with Crippen LogP contribution in [0.4, 0.5) is 0 Å². The first-order valence-electron chi connectivity index (χ1n) is 7.23. The lowest BCUT2D eigenvalue weighted by Gasteiger charge is -2.11. The van der Waals surface area contributed by atoms with Gasteiger partial charge in [0.05, 0.1) is 12.9 Å². The molecule has 0 aromatic carbocycles. The summed E-state index contributed by atoms with van der Waals surface area (Å²) in [5.74, 6) is 0.943. The largest absolute Gasteiger partial charge is 0.468 e. The number of thioether (sulfide) groups is 1. The first-order chi connectivity index (χ1) is 10.2. The fourth-order valence-electron chi connectivity index (χ4n) is 2.61. The molecule has 2 heterocycles. The second-order valence-electron chi connectivity index (χ2n) is 5.05. The highest BCUT2D eigenvalue weighted by atomic mass is 32.2. The zero-order valence-electron chi connectivity index (χ0n) is 12.3. The van der Waals surface area contributed by atoms with Crippen LogP contribution in [0.25, 0.3) is 10.2 Å². The minimum Gasteiger partial charge on any atom is -0.468 e. The van der Waals surface area contributed by atoms with E-state index in [2.05, 4.69) is 16.9 Å². The predicted octanol–water partition coefficient (Wildman–Crippen LogP) is 3.40. The molecule has 2 aromatic heterocycles. The van der Waals surface area contributed by atoms with Crippen LogP contribution in [0.3, 0.4) is 0 Å². The maximum Gasteiger partial charge on any atom is 0.316 e. The van der Waals surface area contributed by atoms with Crippen LogP contribution in [0.5, 0.6) is 0 Å². The lowest BCUT2D eigenvalue weighted by Crippen LogP contribution is -2.05. The molecular weight excluding hydrogens is 304 g/mol. The topological polar surface area (TPSA) is 52.1 Å². The molecule has 1 aliphatic carbocycles. The van der Waals surface area contributed by atoms with Gasteiger partial charge >= 0.3 is 5.97 Å². The average Bonchev–Trinajstić information content (AvgIpc) is 2.90. The number of rotatable bonds is 4. The van der Waals surface area contributed by atoms with Gasteiger partial charge in [-0.1, -0.05) is 18.7 Å². The Labute approximate surface area is 132 Å². The van der Waals surface area contributed by atoms with Gasteiger partial charge in [-0.2, -0.15) is 0 Å². The van der Waals surface area contributed by atoms with E-state index in [0.29, 0.717) is 5.75 Å². The molecule has 0 amide bonds. The van der Waals surface area contributed by atoms with Crippen molar-refractivity contribution in [2.45, 2.75) is 44.1 Å². The fourth-order valence-corrected chi connectivity index (χ4v) is 4.87. The van der Waals surface area contributed by atoms with E-state index in [-0.39, 0.29) is 5.97 Å². The standard InChI is InChI=1S/C15H18N2O2S2/c1-3-11-16-14(20-8-12(18)19-2)13-9-6-4-5-7-10(9)21-15(13)17-11/h3-8H2,1-2H3. The number of hydrogen-bond acceptors (Lipinski definition) is 6. The van der Waals surface area contributed by atoms with Crippen LogP contribution < -0.4 is 0 Å². The number of hydrogen-bond donors (Lipinski definition) is 0. The summed E-state index contributed by atoms with van der Waals surface area (Å²) in [6.45, 7) is 2.06. The maximum absolute atomic E-state index is 11.4. The van der Waals surface area contributed by atoms with Crippen LogP contribution in [0.2, 0.25) is 0 Å². The van der Waals surface area contributed by atoms with E-state index in [1.54, 1.807) is 11.3 Å². The molecule has 0 saturated heterocycles. The van der Waals surface area contributed by atoms with Crippen molar-refractivity contribution in [1.29, 1.82) is 0 Å². The quantitative estimate of drug-likeness (QED) is 0.490. The molecule has 6 heteroatoms. The molecular formula is C15H18N2O2S2. The number of esters is 1. The van der Waals surface area contributed by atoms with Gasteiger partial charge in [-0.05, 0) is 31.2 Å². The molecule has 0 N–H and O–H groups in total. The van der Waals surface area contributed by atoms with Crippen LogP contribution in [-0.4, -0.2) is 28.8 Å². The van der Waals surface area contributed by atoms with Crippen LogP contribution in [0.1, 0.15) is 36.0 Å². The Bertz CT molecular complexity index is 682. The van der Waals surface area contributed by atoms with Gasteiger partial charge in [-0.3, -0.25) is 4.79 Å². The Morgan fingerprint density at radius 3 is 2.90 bits per heavy atom. The van der Waals surface area contributed by atoms with Crippen LogP contribution in [-0.2, 0) is 28.8 Å². The number of fused-ring (bicyclic) bond motifs is 3. The molecule has 0 radical (unpaired) electrons. The Morgan fingerprint density at radius 1 is 1.33 bits per heavy atom. The van der Waals surface area contributed by atoms with Crippen molar-refractivity contribution in [3.05, 3.63) is 16.3 Å². The summed E-state index contributed by atoms with van der Waals surface area (Å²) in [7, 11) is 1.42. The summed E-state index contributed by atoms with van der Waals surface area (Å²) in [5, 5.41) is 2.13. The van der Waals surface area contributed by atoms with E-state index in [1.807, 2.05) is 0 Å². The maximum atomic E-state index is 11.4. The lowest BCUT2D eigenvalue weighted by atomic mass is 9.97. The highest BCUT2D eigenvalue weighted by molar-refractivity contribution is 8.00. The smallest absolute Gasteiger partial charge is 0.316 e. The fraction of sp³-hybridized carbons (Fsp3) is 0.533. The van der Waals surface area contributed by atoms with Crippen molar-refractivity contribution in [2.24, 2.45) is 0 Å². The summed E-state index contributed by atoms with van der Waals surface area (Å²) in [6, 6.07) is 0. The van der Waals surface area contributed by atoms with Gasteiger partial charge in [0.1, 0.15) is 15.7 Å². The van der Waals surface area contributed by atoms with Crippen molar-refractivity contribution in [1.82, 2.24) is 9.97 Å². The van der Waals surface area contributed by atoms with E-state index in [4.69, 9.17) is 4.74 Å². The number of carbonyl (C=O) groups excluding carboxylic acids is 1. The SMILES string of the molecule is CCc1nc(SCC(=O)OC)c2c3c(sc2n1)CCCC3. The van der Waals surface area contributed by atoms with Crippen molar-refractivity contribution < 1.29 is 9.53 Å². The average molecular weight is 322 g/mol. The van der Waals surface area contributed by atoms with Crippen LogP contribution >= 0.6 is 23.1 Å². The van der Waals surface area contributed by atoms with Gasteiger partial charge < -0.3 is 4.74 Å². The molecule has 4 nitrogen and oxygen atoms in total. The van der Waals surface area contributed by atoms with Gasteiger partial charge in [0.2, 0.25) is 0 Å². The molecule has 0 unspecified atom stereocenters. The van der Waals surface area contributed by atoms with Crippen molar-refractivity contribution in [3.8, 4) is 0 Å². The van der Waals surface area contributed by atoms with E-state index in [0.717, 1.165) is 34.9 Å². The highest BCUT2D eigenvalue weighted by Crippen LogP contribution is 2.39. The predicted molar refractivity (Wildman–Crippen MR) is 86.2 cm³/mol. The number of carbonyl (C=O) groups is 1. The van der Waals surface area contributed by atoms with E-state index < -0.39 is 0 Å². The van der Waals surface area contributed by atoms with Crippen LogP contribution in [0.15, 0.2) is 5.03 Å². The number of aryl methyl sites for hydroxylation is 3. The summed E-state index contributed by atoms with van der Waals surface area (Å²) in [4.78, 5) is 23.3. The number of ether oxygens (including phenoxy) is 1. The first-order valence-corrected chi connectivity index (χ1v) is 9.04. The Kier molecular flexibility index (Phi) is 4.45. The minimum absolute atomic E-state index is 0.214. The summed E-state index contributed by atoms with van der Waals surface area (Å²) in [6.07, 6.45) is 5.56. The van der Waals surface area contributed by atoms with E-state index >= 15 is 0 Å². The third kappa shape index (κ3) is 2.92. The second kappa shape index (κ2) is 6.32. The molecule has 112 valence electrons. The molecule has 0 saturated carbocycles. The summed E-state index contributed by atoms with van der Waals surface area (Å²) < 4.78 is 4.73. The minimum atomic E-state index is -0.214. The third-order valence-corrected chi connectivity index (χ3v) is 5.83. The number of thiophene rings is 1. The Hall–Kier alpha value is -1.14. The molecule has 0 bridgehead atoms. The van der Waals surface area contributed by atoms with E-state index in [9.17, 15) is 4.79 Å². The van der Waals surface area contributed by atoms with Gasteiger partial charge in [-0.25, -0.2) is 9.97 Å². The summed E-state index contributed by atoms with van der Waals surface area (Å²) >= 11 is 3.27. The molecule has 3 rings (SSSR count). The Balaban J connectivity index is 2.06. The highest BCUT2D eigenvalue weighted by Gasteiger charge is 2.21.